The SMILES string of the molecule is CCCCCCCCCCCCOC(=O)CCSCCC(=O)OCCCCCCCCCCCC.[CaH2]. The van der Waals surface area contributed by atoms with Crippen LogP contribution in [0.5, 0.6) is 0 Å². The molecule has 0 atom stereocenters. The van der Waals surface area contributed by atoms with Crippen LogP contribution in [-0.2, 0) is 19.1 Å². The summed E-state index contributed by atoms with van der Waals surface area (Å²) < 4.78 is 10.6. The molecule has 0 bridgehead atoms. The number of hydrogen-bond donors (Lipinski definition) is 0. The fourth-order valence-corrected chi connectivity index (χ4v) is 4.93. The molecule has 0 rings (SSSR count). The van der Waals surface area contributed by atoms with Crippen molar-refractivity contribution in [3.63, 3.8) is 0 Å². The monoisotopic (exact) mass is 556 g/mol. The van der Waals surface area contributed by atoms with Crippen molar-refractivity contribution in [3.05, 3.63) is 0 Å². The number of hydrogen-bond acceptors (Lipinski definition) is 5. The second kappa shape index (κ2) is 33.6. The topological polar surface area (TPSA) is 52.6 Å². The van der Waals surface area contributed by atoms with Gasteiger partial charge in [-0.15, -0.1) is 0 Å². The third-order valence-electron chi connectivity index (χ3n) is 6.42. The maximum absolute atomic E-state index is 11.8. The second-order valence-corrected chi connectivity index (χ2v) is 11.1. The van der Waals surface area contributed by atoms with Gasteiger partial charge in [0, 0.05) is 11.5 Å². The van der Waals surface area contributed by atoms with E-state index in [0.29, 0.717) is 37.6 Å². The van der Waals surface area contributed by atoms with Gasteiger partial charge in [0.1, 0.15) is 0 Å². The number of rotatable bonds is 28. The molecule has 0 saturated carbocycles. The Morgan fingerprint density at radius 1 is 0.472 bits per heavy atom. The molecular formula is C30H60CaO4S. The summed E-state index contributed by atoms with van der Waals surface area (Å²) >= 11 is 1.63. The Kier molecular flexibility index (Phi) is 36.1. The van der Waals surface area contributed by atoms with Gasteiger partial charge in [0.2, 0.25) is 0 Å². The van der Waals surface area contributed by atoms with Crippen molar-refractivity contribution in [2.75, 3.05) is 24.7 Å². The van der Waals surface area contributed by atoms with Crippen molar-refractivity contribution in [2.45, 2.75) is 155 Å². The van der Waals surface area contributed by atoms with Gasteiger partial charge >= 0.3 is 49.7 Å². The molecule has 4 nitrogen and oxygen atoms in total. The van der Waals surface area contributed by atoms with Gasteiger partial charge in [-0.25, -0.2) is 0 Å². The number of unbranched alkanes of at least 4 members (excludes halogenated alkanes) is 18. The van der Waals surface area contributed by atoms with E-state index in [1.807, 2.05) is 0 Å². The molecule has 0 radical (unpaired) electrons. The summed E-state index contributed by atoms with van der Waals surface area (Å²) in [5.74, 6) is 1.19. The molecule has 0 N–H and O–H groups in total. The molecule has 0 aromatic heterocycles. The first kappa shape index (κ1) is 38.7. The number of esters is 2. The van der Waals surface area contributed by atoms with E-state index >= 15 is 0 Å². The van der Waals surface area contributed by atoms with Gasteiger partial charge < -0.3 is 9.47 Å². The number of carbonyl (C=O) groups excluding carboxylic acids is 2. The molecule has 0 aliphatic rings. The van der Waals surface area contributed by atoms with E-state index in [-0.39, 0.29) is 49.7 Å². The summed E-state index contributed by atoms with van der Waals surface area (Å²) in [6, 6.07) is 0. The quantitative estimate of drug-likeness (QED) is 0.0549. The van der Waals surface area contributed by atoms with Crippen molar-refractivity contribution < 1.29 is 19.1 Å². The minimum absolute atomic E-state index is 0. The summed E-state index contributed by atoms with van der Waals surface area (Å²) in [6.45, 7) is 5.60. The first-order valence-electron chi connectivity index (χ1n) is 15.1. The van der Waals surface area contributed by atoms with Crippen LogP contribution in [0.15, 0.2) is 0 Å². The van der Waals surface area contributed by atoms with E-state index in [0.717, 1.165) is 25.7 Å². The molecular weight excluding hydrogens is 496 g/mol. The molecule has 0 aliphatic carbocycles. The van der Waals surface area contributed by atoms with Crippen LogP contribution in [-0.4, -0.2) is 74.4 Å². The van der Waals surface area contributed by atoms with Crippen LogP contribution in [0.4, 0.5) is 0 Å². The van der Waals surface area contributed by atoms with Crippen molar-refractivity contribution in [2.24, 2.45) is 0 Å². The fourth-order valence-electron chi connectivity index (χ4n) is 4.11. The van der Waals surface area contributed by atoms with Crippen molar-refractivity contribution >= 4 is 61.4 Å². The van der Waals surface area contributed by atoms with E-state index < -0.39 is 0 Å². The molecule has 0 unspecified atom stereocenters. The van der Waals surface area contributed by atoms with E-state index in [9.17, 15) is 9.59 Å². The Bertz CT molecular complexity index is 422. The summed E-state index contributed by atoms with van der Waals surface area (Å²) in [5.41, 5.74) is 0. The molecule has 0 saturated heterocycles. The number of ether oxygens (including phenoxy) is 2. The molecule has 0 aromatic carbocycles. The Morgan fingerprint density at radius 3 is 1.06 bits per heavy atom. The van der Waals surface area contributed by atoms with Gasteiger partial charge in [-0.1, -0.05) is 129 Å². The first-order valence-corrected chi connectivity index (χ1v) is 16.2. The molecule has 6 heteroatoms. The summed E-state index contributed by atoms with van der Waals surface area (Å²) in [7, 11) is 0. The van der Waals surface area contributed by atoms with Crippen LogP contribution in [0.25, 0.3) is 0 Å². The van der Waals surface area contributed by atoms with Crippen LogP contribution < -0.4 is 0 Å². The maximum atomic E-state index is 11.8. The molecule has 0 spiro atoms. The number of carbonyl (C=O) groups is 2. The molecule has 36 heavy (non-hydrogen) atoms. The van der Waals surface area contributed by atoms with Gasteiger partial charge in [0.25, 0.3) is 0 Å². The summed E-state index contributed by atoms with van der Waals surface area (Å²) in [6.07, 6.45) is 26.5. The van der Waals surface area contributed by atoms with Gasteiger partial charge in [0.05, 0.1) is 26.1 Å². The van der Waals surface area contributed by atoms with Crippen LogP contribution in [0, 0.1) is 0 Å². The fraction of sp³-hybridized carbons (Fsp3) is 0.933. The van der Waals surface area contributed by atoms with Gasteiger partial charge in [0.15, 0.2) is 0 Å². The molecule has 0 aliphatic heterocycles. The van der Waals surface area contributed by atoms with Crippen molar-refractivity contribution in [3.8, 4) is 0 Å². The van der Waals surface area contributed by atoms with E-state index in [1.54, 1.807) is 11.8 Å². The Morgan fingerprint density at radius 2 is 0.750 bits per heavy atom. The summed E-state index contributed by atoms with van der Waals surface area (Å²) in [4.78, 5) is 23.6. The standard InChI is InChI=1S/C30H58O4S.Ca.2H/c1-3-5-7-9-11-13-15-17-19-21-25-33-29(31)23-27-35-28-24-30(32)34-26-22-20-18-16-14-12-10-8-6-4-2;;;/h3-28H2,1-2H3;;;. The van der Waals surface area contributed by atoms with E-state index in [2.05, 4.69) is 13.8 Å². The van der Waals surface area contributed by atoms with E-state index in [1.165, 1.54) is 103 Å². The third-order valence-corrected chi connectivity index (χ3v) is 7.41. The molecule has 0 aromatic rings. The number of thioether (sulfide) groups is 1. The average Bonchev–Trinajstić information content (AvgIpc) is 2.85. The summed E-state index contributed by atoms with van der Waals surface area (Å²) in [5, 5.41) is 0. The Labute approximate surface area is 258 Å². The normalized spacial score (nSPS) is 10.7. The van der Waals surface area contributed by atoms with Crippen LogP contribution in [0.3, 0.4) is 0 Å². The van der Waals surface area contributed by atoms with Crippen molar-refractivity contribution in [1.29, 1.82) is 0 Å². The third kappa shape index (κ3) is 32.6. The van der Waals surface area contributed by atoms with Crippen LogP contribution in [0.2, 0.25) is 0 Å². The van der Waals surface area contributed by atoms with Crippen molar-refractivity contribution in [1.82, 2.24) is 0 Å². The second-order valence-electron chi connectivity index (χ2n) is 9.92. The predicted octanol–water partition coefficient (Wildman–Crippen LogP) is 8.51. The predicted molar refractivity (Wildman–Crippen MR) is 161 cm³/mol. The minimum atomic E-state index is -0.114. The zero-order chi connectivity index (χ0) is 25.7. The van der Waals surface area contributed by atoms with Gasteiger partial charge in [-0.3, -0.25) is 9.59 Å². The van der Waals surface area contributed by atoms with Crippen LogP contribution >= 0.6 is 11.8 Å². The molecule has 0 amide bonds. The first-order chi connectivity index (χ1) is 17.2. The Balaban J connectivity index is 0. The average molecular weight is 557 g/mol. The Hall–Kier alpha value is 0.550. The van der Waals surface area contributed by atoms with Gasteiger partial charge in [-0.2, -0.15) is 11.8 Å². The zero-order valence-corrected chi connectivity index (χ0v) is 24.2. The molecule has 0 fully saturated rings. The zero-order valence-electron chi connectivity index (χ0n) is 23.4. The molecule has 0 heterocycles. The molecule has 212 valence electrons. The van der Waals surface area contributed by atoms with Crippen LogP contribution in [0.1, 0.15) is 155 Å². The van der Waals surface area contributed by atoms with Gasteiger partial charge in [-0.05, 0) is 12.8 Å². The van der Waals surface area contributed by atoms with E-state index in [4.69, 9.17) is 9.47 Å².